The van der Waals surface area contributed by atoms with Crippen molar-refractivity contribution >= 4 is 17.5 Å². The first-order chi connectivity index (χ1) is 8.99. The molecule has 5 nitrogen and oxygen atoms in total. The number of aliphatic hydroxyl groups is 1. The molecule has 0 aromatic heterocycles. The molecule has 1 aliphatic heterocycles. The highest BCUT2D eigenvalue weighted by Crippen LogP contribution is 2.25. The van der Waals surface area contributed by atoms with Crippen LogP contribution in [-0.2, 0) is 4.79 Å². The molecule has 0 saturated carbocycles. The molecule has 19 heavy (non-hydrogen) atoms. The molecule has 1 saturated heterocycles. The van der Waals surface area contributed by atoms with E-state index >= 15 is 0 Å². The van der Waals surface area contributed by atoms with E-state index in [2.05, 4.69) is 5.32 Å². The molecule has 2 N–H and O–H groups in total. The van der Waals surface area contributed by atoms with Crippen LogP contribution >= 0.6 is 0 Å². The zero-order valence-electron chi connectivity index (χ0n) is 11.1. The molecule has 1 aromatic rings. The fourth-order valence-electron chi connectivity index (χ4n) is 2.16. The number of benzene rings is 1. The topological polar surface area (TPSA) is 69.6 Å². The van der Waals surface area contributed by atoms with E-state index in [4.69, 9.17) is 0 Å². The smallest absolute Gasteiger partial charge is 0.253 e. The summed E-state index contributed by atoms with van der Waals surface area (Å²) in [5.41, 5.74) is 1.01. The van der Waals surface area contributed by atoms with Crippen molar-refractivity contribution in [1.29, 1.82) is 0 Å². The molecule has 5 heteroatoms. The molecule has 0 radical (unpaired) electrons. The lowest BCUT2D eigenvalue weighted by Crippen LogP contribution is -2.33. The quantitative estimate of drug-likeness (QED) is 0.851. The first-order valence-corrected chi connectivity index (χ1v) is 6.37. The van der Waals surface area contributed by atoms with E-state index in [1.165, 1.54) is 4.90 Å². The summed E-state index contributed by atoms with van der Waals surface area (Å²) in [6.45, 7) is 4.00. The maximum absolute atomic E-state index is 12.1. The number of aliphatic hydroxyl groups excluding tert-OH is 1. The van der Waals surface area contributed by atoms with Gasteiger partial charge in [-0.25, -0.2) is 0 Å². The maximum atomic E-state index is 12.1. The fraction of sp³-hybridized carbons (Fsp3) is 0.429. The second-order valence-corrected chi connectivity index (χ2v) is 5.01. The van der Waals surface area contributed by atoms with Crippen molar-refractivity contribution < 1.29 is 14.7 Å². The lowest BCUT2D eigenvalue weighted by molar-refractivity contribution is -0.117. The van der Waals surface area contributed by atoms with Gasteiger partial charge in [-0.3, -0.25) is 9.59 Å². The Labute approximate surface area is 112 Å². The van der Waals surface area contributed by atoms with Crippen LogP contribution in [0.5, 0.6) is 0 Å². The maximum Gasteiger partial charge on any atom is 0.253 e. The summed E-state index contributed by atoms with van der Waals surface area (Å²) in [6.07, 6.45) is -0.547. The summed E-state index contributed by atoms with van der Waals surface area (Å²) >= 11 is 0. The van der Waals surface area contributed by atoms with Crippen LogP contribution in [0.25, 0.3) is 0 Å². The lowest BCUT2D eigenvalue weighted by Gasteiger charge is -2.20. The number of nitrogens with zero attached hydrogens (tertiary/aromatic N) is 1. The monoisotopic (exact) mass is 262 g/mol. The SMILES string of the molecule is CC(C)NC(=O)c1ccccc1N1CC(O)CC1=O. The highest BCUT2D eigenvalue weighted by Gasteiger charge is 2.31. The number of hydrogen-bond donors (Lipinski definition) is 2. The molecule has 0 spiro atoms. The Bertz CT molecular complexity index is 499. The van der Waals surface area contributed by atoms with Crippen LogP contribution < -0.4 is 10.2 Å². The van der Waals surface area contributed by atoms with Gasteiger partial charge in [-0.05, 0) is 26.0 Å². The molecule has 1 unspecified atom stereocenters. The predicted molar refractivity (Wildman–Crippen MR) is 72.0 cm³/mol. The molecule has 2 amide bonds. The standard InChI is InChI=1S/C14H18N2O3/c1-9(2)15-14(19)11-5-3-4-6-12(11)16-8-10(17)7-13(16)18/h3-6,9-10,17H,7-8H2,1-2H3,(H,15,19). The number of carbonyl (C=O) groups excluding carboxylic acids is 2. The van der Waals surface area contributed by atoms with Crippen LogP contribution in [0, 0.1) is 0 Å². The summed E-state index contributed by atoms with van der Waals surface area (Å²) in [5.74, 6) is -0.364. The molecular weight excluding hydrogens is 244 g/mol. The summed E-state index contributed by atoms with van der Waals surface area (Å²) in [5, 5.41) is 12.4. The summed E-state index contributed by atoms with van der Waals surface area (Å²) in [7, 11) is 0. The van der Waals surface area contributed by atoms with Gasteiger partial charge in [0.05, 0.1) is 30.3 Å². The minimum Gasteiger partial charge on any atom is -0.391 e. The van der Waals surface area contributed by atoms with Gasteiger partial charge >= 0.3 is 0 Å². The Morgan fingerprint density at radius 2 is 2.11 bits per heavy atom. The fourth-order valence-corrected chi connectivity index (χ4v) is 2.16. The summed E-state index contributed by atoms with van der Waals surface area (Å²) < 4.78 is 0. The summed E-state index contributed by atoms with van der Waals surface area (Å²) in [4.78, 5) is 25.4. The average Bonchev–Trinajstić information content (AvgIpc) is 2.67. The zero-order valence-corrected chi connectivity index (χ0v) is 11.1. The number of carbonyl (C=O) groups is 2. The third kappa shape index (κ3) is 2.93. The molecule has 0 bridgehead atoms. The second kappa shape index (κ2) is 5.40. The van der Waals surface area contributed by atoms with Gasteiger partial charge in [-0.15, -0.1) is 0 Å². The minimum absolute atomic E-state index is 0.0282. The Morgan fingerprint density at radius 3 is 2.68 bits per heavy atom. The van der Waals surface area contributed by atoms with Crippen LogP contribution in [0.1, 0.15) is 30.6 Å². The molecule has 2 rings (SSSR count). The molecule has 1 aromatic carbocycles. The van der Waals surface area contributed by atoms with Crippen LogP contribution in [0.4, 0.5) is 5.69 Å². The second-order valence-electron chi connectivity index (χ2n) is 5.01. The highest BCUT2D eigenvalue weighted by atomic mass is 16.3. The van der Waals surface area contributed by atoms with Crippen molar-refractivity contribution in [3.05, 3.63) is 29.8 Å². The summed E-state index contributed by atoms with van der Waals surface area (Å²) in [6, 6.07) is 6.98. The first kappa shape index (κ1) is 13.5. The number of hydrogen-bond acceptors (Lipinski definition) is 3. The van der Waals surface area contributed by atoms with Crippen LogP contribution in [0.3, 0.4) is 0 Å². The van der Waals surface area contributed by atoms with Crippen molar-refractivity contribution in [3.8, 4) is 0 Å². The van der Waals surface area contributed by atoms with Crippen LogP contribution in [0.2, 0.25) is 0 Å². The first-order valence-electron chi connectivity index (χ1n) is 6.37. The third-order valence-corrected chi connectivity index (χ3v) is 2.96. The van der Waals surface area contributed by atoms with E-state index in [1.54, 1.807) is 24.3 Å². The number of β-amino-alcohol motifs (C(OH)–C–C–N with tert-alkyl or cyclic N) is 1. The van der Waals surface area contributed by atoms with Crippen molar-refractivity contribution in [2.45, 2.75) is 32.4 Å². The number of amides is 2. The van der Waals surface area contributed by atoms with E-state index in [9.17, 15) is 14.7 Å². The van der Waals surface area contributed by atoms with Gasteiger partial charge in [0.1, 0.15) is 0 Å². The molecule has 1 atom stereocenters. The largest absolute Gasteiger partial charge is 0.391 e. The zero-order chi connectivity index (χ0) is 14.0. The van der Waals surface area contributed by atoms with E-state index in [0.29, 0.717) is 11.3 Å². The normalized spacial score (nSPS) is 19.1. The van der Waals surface area contributed by atoms with Crippen molar-refractivity contribution in [2.75, 3.05) is 11.4 Å². The Morgan fingerprint density at radius 1 is 1.42 bits per heavy atom. The molecule has 1 heterocycles. The Hall–Kier alpha value is -1.88. The third-order valence-electron chi connectivity index (χ3n) is 2.96. The molecule has 1 aliphatic rings. The van der Waals surface area contributed by atoms with Crippen molar-refractivity contribution in [1.82, 2.24) is 5.32 Å². The van der Waals surface area contributed by atoms with Gasteiger partial charge in [-0.2, -0.15) is 0 Å². The van der Waals surface area contributed by atoms with Gasteiger partial charge in [0, 0.05) is 6.04 Å². The van der Waals surface area contributed by atoms with E-state index in [-0.39, 0.29) is 30.8 Å². The number of anilines is 1. The molecule has 102 valence electrons. The Kier molecular flexibility index (Phi) is 3.85. The molecule has 1 fully saturated rings. The van der Waals surface area contributed by atoms with Gasteiger partial charge in [0.15, 0.2) is 0 Å². The van der Waals surface area contributed by atoms with Crippen molar-refractivity contribution in [3.63, 3.8) is 0 Å². The predicted octanol–water partition coefficient (Wildman–Crippen LogP) is 0.922. The highest BCUT2D eigenvalue weighted by molar-refractivity contribution is 6.05. The van der Waals surface area contributed by atoms with Crippen molar-refractivity contribution in [2.24, 2.45) is 0 Å². The molecular formula is C14H18N2O3. The van der Waals surface area contributed by atoms with E-state index in [0.717, 1.165) is 0 Å². The van der Waals surface area contributed by atoms with Gasteiger partial charge in [0.2, 0.25) is 5.91 Å². The molecule has 0 aliphatic carbocycles. The lowest BCUT2D eigenvalue weighted by atomic mass is 10.1. The van der Waals surface area contributed by atoms with Gasteiger partial charge in [0.25, 0.3) is 5.91 Å². The number of para-hydroxylation sites is 1. The van der Waals surface area contributed by atoms with E-state index < -0.39 is 6.10 Å². The van der Waals surface area contributed by atoms with Crippen LogP contribution in [0.15, 0.2) is 24.3 Å². The van der Waals surface area contributed by atoms with Crippen LogP contribution in [-0.4, -0.2) is 35.6 Å². The Balaban J connectivity index is 2.31. The minimum atomic E-state index is -0.659. The van der Waals surface area contributed by atoms with Gasteiger partial charge < -0.3 is 15.3 Å². The van der Waals surface area contributed by atoms with Gasteiger partial charge in [-0.1, -0.05) is 12.1 Å². The number of rotatable bonds is 3. The van der Waals surface area contributed by atoms with E-state index in [1.807, 2.05) is 13.8 Å². The number of nitrogens with one attached hydrogen (secondary N) is 1. The average molecular weight is 262 g/mol.